The molecular formula is C52H63N5O8. The van der Waals surface area contributed by atoms with Crippen molar-refractivity contribution in [3.63, 3.8) is 0 Å². The number of rotatable bonds is 16. The monoisotopic (exact) mass is 885 g/mol. The van der Waals surface area contributed by atoms with Crippen molar-refractivity contribution in [3.8, 4) is 0 Å². The van der Waals surface area contributed by atoms with Gasteiger partial charge in [0.1, 0.15) is 12.2 Å². The van der Waals surface area contributed by atoms with Gasteiger partial charge in [0.15, 0.2) is 0 Å². The van der Waals surface area contributed by atoms with Crippen LogP contribution >= 0.6 is 0 Å². The Morgan fingerprint density at radius 3 is 1.32 bits per heavy atom. The highest BCUT2D eigenvalue weighted by Crippen LogP contribution is 2.52. The molecule has 3 N–H and O–H groups in total. The summed E-state index contributed by atoms with van der Waals surface area (Å²) in [5.74, 6) is -7.76. The van der Waals surface area contributed by atoms with Crippen molar-refractivity contribution >= 4 is 57.1 Å². The second-order valence-corrected chi connectivity index (χ2v) is 19.3. The summed E-state index contributed by atoms with van der Waals surface area (Å²) < 4.78 is 12.6. The maximum atomic E-state index is 14.9. The van der Waals surface area contributed by atoms with Crippen LogP contribution < -0.4 is 16.0 Å². The van der Waals surface area contributed by atoms with Crippen molar-refractivity contribution < 1.29 is 38.2 Å². The molecule has 6 saturated carbocycles. The standard InChI is InChI=1S/C52H63N5O8/c1-56(2)27-11-25-53-47(58)43-33-21-23-39(41(29-33)64-51(62)37-19-9-15-31-13-5-7-17-35(31)37)45(43)49(60)55-50(61)46-40-24-22-34(44(46)48(59)54-26-12-28-57(3)4)30-42(40)65-52(63)38-20-10-16-32-14-6-8-18-36(32)38/h5-10,13-20,33-34,39-46H,11-12,21-30H2,1-4H3,(H,53,58)(H,54,59)(H,55,60,61). The Balaban J connectivity index is 1.06. The molecule has 4 bridgehead atoms. The zero-order chi connectivity index (χ0) is 45.8. The van der Waals surface area contributed by atoms with Gasteiger partial charge in [-0.15, -0.1) is 0 Å². The largest absolute Gasteiger partial charge is 0.458 e. The van der Waals surface area contributed by atoms with Crippen molar-refractivity contribution in [2.45, 2.75) is 63.6 Å². The molecule has 13 nitrogen and oxygen atoms in total. The fraction of sp³-hybridized carbons (Fsp3) is 0.500. The number of ether oxygens (including phenoxy) is 2. The molecule has 6 aliphatic rings. The number of benzene rings is 4. The summed E-state index contributed by atoms with van der Waals surface area (Å²) in [6, 6.07) is 26.1. The van der Waals surface area contributed by atoms with Gasteiger partial charge in [0.25, 0.3) is 0 Å². The van der Waals surface area contributed by atoms with E-state index in [9.17, 15) is 28.8 Å². The predicted molar refractivity (Wildman–Crippen MR) is 247 cm³/mol. The van der Waals surface area contributed by atoms with E-state index in [0.29, 0.717) is 62.7 Å². The number of carbonyl (C=O) groups is 6. The number of fused-ring (bicyclic) bond motifs is 8. The molecule has 0 aliphatic heterocycles. The number of amides is 4. The predicted octanol–water partition coefficient (Wildman–Crippen LogP) is 5.85. The number of nitrogens with one attached hydrogen (secondary N) is 3. The molecule has 10 rings (SSSR count). The Bertz CT molecular complexity index is 2240. The highest BCUT2D eigenvalue weighted by Gasteiger charge is 2.58. The lowest BCUT2D eigenvalue weighted by molar-refractivity contribution is -0.162. The summed E-state index contributed by atoms with van der Waals surface area (Å²) in [4.78, 5) is 90.2. The van der Waals surface area contributed by atoms with Crippen LogP contribution in [0.5, 0.6) is 0 Å². The molecule has 10 unspecified atom stereocenters. The quantitative estimate of drug-likeness (QED) is 0.0708. The van der Waals surface area contributed by atoms with Crippen molar-refractivity contribution in [2.24, 2.45) is 47.3 Å². The van der Waals surface area contributed by atoms with Crippen LogP contribution in [0.3, 0.4) is 0 Å². The molecule has 0 saturated heterocycles. The zero-order valence-corrected chi connectivity index (χ0v) is 38.0. The van der Waals surface area contributed by atoms with Gasteiger partial charge in [-0.25, -0.2) is 9.59 Å². The van der Waals surface area contributed by atoms with Gasteiger partial charge in [0.2, 0.25) is 23.6 Å². The minimum Gasteiger partial charge on any atom is -0.458 e. The second kappa shape index (κ2) is 20.2. The van der Waals surface area contributed by atoms with Gasteiger partial charge in [0, 0.05) is 24.9 Å². The highest BCUT2D eigenvalue weighted by atomic mass is 16.5. The maximum Gasteiger partial charge on any atom is 0.339 e. The van der Waals surface area contributed by atoms with Gasteiger partial charge in [-0.2, -0.15) is 0 Å². The van der Waals surface area contributed by atoms with Crippen LogP contribution in [0.2, 0.25) is 0 Å². The Labute approximate surface area is 381 Å². The highest BCUT2D eigenvalue weighted by molar-refractivity contribution is 6.06. The third kappa shape index (κ3) is 9.96. The molecule has 4 aromatic rings. The van der Waals surface area contributed by atoms with Crippen LogP contribution in [0, 0.1) is 47.3 Å². The van der Waals surface area contributed by atoms with Gasteiger partial charge in [-0.3, -0.25) is 24.5 Å². The molecule has 0 aromatic heterocycles. The van der Waals surface area contributed by atoms with E-state index < -0.39 is 71.5 Å². The molecule has 10 atom stereocenters. The fourth-order valence-corrected chi connectivity index (χ4v) is 11.6. The van der Waals surface area contributed by atoms with E-state index in [1.54, 1.807) is 12.1 Å². The molecular weight excluding hydrogens is 823 g/mol. The van der Waals surface area contributed by atoms with E-state index in [4.69, 9.17) is 9.47 Å². The minimum absolute atomic E-state index is 0.253. The molecule has 4 aromatic carbocycles. The average molecular weight is 886 g/mol. The summed E-state index contributed by atoms with van der Waals surface area (Å²) in [6.45, 7) is 2.39. The first-order valence-corrected chi connectivity index (χ1v) is 23.5. The number of nitrogens with zero attached hydrogens (tertiary/aromatic N) is 2. The molecule has 0 heterocycles. The first-order chi connectivity index (χ1) is 31.4. The van der Waals surface area contributed by atoms with Gasteiger partial charge in [-0.05, 0) is 138 Å². The van der Waals surface area contributed by atoms with E-state index in [-0.39, 0.29) is 23.7 Å². The normalized spacial score (nSPS) is 26.8. The van der Waals surface area contributed by atoms with Gasteiger partial charge in [-0.1, -0.05) is 72.8 Å². The summed E-state index contributed by atoms with van der Waals surface area (Å²) in [5.41, 5.74) is 0.843. The fourth-order valence-electron chi connectivity index (χ4n) is 11.6. The van der Waals surface area contributed by atoms with Crippen LogP contribution in [-0.4, -0.2) is 112 Å². The Hall–Kier alpha value is -5.66. The average Bonchev–Trinajstić information content (AvgIpc) is 3.30. The summed E-state index contributed by atoms with van der Waals surface area (Å²) in [7, 11) is 7.86. The molecule has 13 heteroatoms. The zero-order valence-electron chi connectivity index (χ0n) is 38.0. The van der Waals surface area contributed by atoms with E-state index >= 15 is 0 Å². The second-order valence-electron chi connectivity index (χ2n) is 19.3. The summed E-state index contributed by atoms with van der Waals surface area (Å²) in [6.07, 6.45) is 3.37. The lowest BCUT2D eigenvalue weighted by atomic mass is 9.56. The maximum absolute atomic E-state index is 14.9. The summed E-state index contributed by atoms with van der Waals surface area (Å²) in [5, 5.41) is 12.2. The number of imide groups is 1. The van der Waals surface area contributed by atoms with Crippen molar-refractivity contribution in [2.75, 3.05) is 54.4 Å². The van der Waals surface area contributed by atoms with Crippen molar-refractivity contribution in [3.05, 3.63) is 96.1 Å². The van der Waals surface area contributed by atoms with Crippen molar-refractivity contribution in [1.29, 1.82) is 0 Å². The first-order valence-electron chi connectivity index (χ1n) is 23.5. The smallest absolute Gasteiger partial charge is 0.339 e. The first kappa shape index (κ1) is 45.9. The number of carbonyl (C=O) groups excluding carboxylic acids is 6. The Morgan fingerprint density at radius 1 is 0.508 bits per heavy atom. The Morgan fingerprint density at radius 2 is 0.908 bits per heavy atom. The molecule has 6 fully saturated rings. The number of esters is 2. The SMILES string of the molecule is CN(C)CCCNC(=O)C1C2CCC(C(OC(=O)c3cccc4ccccc34)C2)C1C(=O)NC(=O)C1C2CCC(CC2OC(=O)c2cccc3ccccc23)C1C(=O)NCCCN(C)C. The van der Waals surface area contributed by atoms with Crippen molar-refractivity contribution in [1.82, 2.24) is 25.8 Å². The lowest BCUT2D eigenvalue weighted by Crippen LogP contribution is -2.61. The minimum atomic E-state index is -0.968. The van der Waals surface area contributed by atoms with Gasteiger partial charge in [0.05, 0.1) is 34.8 Å². The third-order valence-electron chi connectivity index (χ3n) is 14.6. The van der Waals surface area contributed by atoms with Gasteiger partial charge < -0.3 is 29.9 Å². The van der Waals surface area contributed by atoms with Crippen LogP contribution in [0.15, 0.2) is 84.9 Å². The van der Waals surface area contributed by atoms with E-state index in [1.165, 1.54) is 0 Å². The summed E-state index contributed by atoms with van der Waals surface area (Å²) >= 11 is 0. The Kier molecular flexibility index (Phi) is 14.3. The van der Waals surface area contributed by atoms with E-state index in [1.807, 2.05) is 111 Å². The topological polar surface area (TPSA) is 163 Å². The molecule has 344 valence electrons. The van der Waals surface area contributed by atoms with Crippen LogP contribution in [0.25, 0.3) is 21.5 Å². The van der Waals surface area contributed by atoms with E-state index in [0.717, 1.165) is 47.5 Å². The molecule has 4 amide bonds. The molecule has 6 aliphatic carbocycles. The van der Waals surface area contributed by atoms with Crippen LogP contribution in [0.1, 0.15) is 72.1 Å². The van der Waals surface area contributed by atoms with Crippen LogP contribution in [-0.2, 0) is 28.7 Å². The van der Waals surface area contributed by atoms with E-state index in [2.05, 4.69) is 16.0 Å². The molecule has 0 radical (unpaired) electrons. The number of hydrogen-bond donors (Lipinski definition) is 3. The third-order valence-corrected chi connectivity index (χ3v) is 14.6. The molecule has 0 spiro atoms. The number of hydrogen-bond acceptors (Lipinski definition) is 10. The molecule has 65 heavy (non-hydrogen) atoms. The van der Waals surface area contributed by atoms with Crippen LogP contribution in [0.4, 0.5) is 0 Å². The van der Waals surface area contributed by atoms with Gasteiger partial charge >= 0.3 is 11.9 Å². The lowest BCUT2D eigenvalue weighted by Gasteiger charge is -2.51.